The number of nitrogens with one attached hydrogen (secondary N) is 1. The monoisotopic (exact) mass is 343 g/mol. The number of nitrogens with zero attached hydrogens (tertiary/aromatic N) is 2. The van der Waals surface area contributed by atoms with Gasteiger partial charge in [-0.05, 0) is 40.5 Å². The Hall–Kier alpha value is -2.59. The van der Waals surface area contributed by atoms with Gasteiger partial charge in [0.25, 0.3) is 0 Å². The molecule has 2 aliphatic rings. The van der Waals surface area contributed by atoms with Gasteiger partial charge >= 0.3 is 0 Å². The van der Waals surface area contributed by atoms with Crippen molar-refractivity contribution in [2.45, 2.75) is 11.3 Å². The van der Waals surface area contributed by atoms with E-state index in [-0.39, 0.29) is 0 Å². The number of aliphatic imine (C=N–C) groups is 1. The maximum atomic E-state index is 8.36. The summed E-state index contributed by atoms with van der Waals surface area (Å²) >= 11 is 1.54. The average Bonchev–Trinajstić information content (AvgIpc) is 2.67. The lowest BCUT2D eigenvalue weighted by molar-refractivity contribution is 0.552. The molecule has 122 valence electrons. The van der Waals surface area contributed by atoms with E-state index in [0.29, 0.717) is 5.17 Å². The molecule has 0 unspecified atom stereocenters. The summed E-state index contributed by atoms with van der Waals surface area (Å²) in [7, 11) is 0. The first-order valence-electron chi connectivity index (χ1n) is 8.52. The molecule has 3 aromatic carbocycles. The van der Waals surface area contributed by atoms with Crippen LogP contribution in [-0.4, -0.2) is 29.0 Å². The fourth-order valence-electron chi connectivity index (χ4n) is 3.63. The van der Waals surface area contributed by atoms with Crippen LogP contribution in [0.3, 0.4) is 0 Å². The third kappa shape index (κ3) is 2.36. The summed E-state index contributed by atoms with van der Waals surface area (Å²) in [6.07, 6.45) is 1.02. The van der Waals surface area contributed by atoms with Gasteiger partial charge in [0.15, 0.2) is 5.17 Å². The Balaban J connectivity index is 1.67. The molecular formula is C21H17N3S. The molecule has 0 spiro atoms. The Morgan fingerprint density at radius 3 is 2.80 bits per heavy atom. The normalized spacial score (nSPS) is 16.4. The molecule has 3 nitrogen and oxygen atoms in total. The molecule has 0 bridgehead atoms. The number of fused-ring (bicyclic) bond motifs is 4. The number of hydrogen-bond acceptors (Lipinski definition) is 3. The van der Waals surface area contributed by atoms with Gasteiger partial charge in [0.1, 0.15) is 5.84 Å². The number of thioether (sulfide) groups is 1. The van der Waals surface area contributed by atoms with Crippen LogP contribution >= 0.6 is 11.8 Å². The van der Waals surface area contributed by atoms with E-state index in [1.807, 2.05) is 4.90 Å². The van der Waals surface area contributed by atoms with Gasteiger partial charge in [-0.25, -0.2) is 0 Å². The van der Waals surface area contributed by atoms with Crippen molar-refractivity contribution in [1.82, 2.24) is 4.90 Å². The zero-order valence-corrected chi connectivity index (χ0v) is 14.5. The van der Waals surface area contributed by atoms with E-state index in [1.54, 1.807) is 11.8 Å². The summed E-state index contributed by atoms with van der Waals surface area (Å²) in [5, 5.41) is 11.5. The second-order valence-electron chi connectivity index (χ2n) is 6.36. The van der Waals surface area contributed by atoms with Crippen LogP contribution in [0.4, 0.5) is 0 Å². The van der Waals surface area contributed by atoms with Crippen molar-refractivity contribution in [1.29, 1.82) is 5.41 Å². The van der Waals surface area contributed by atoms with E-state index in [9.17, 15) is 0 Å². The summed E-state index contributed by atoms with van der Waals surface area (Å²) in [4.78, 5) is 7.85. The molecule has 2 aliphatic heterocycles. The molecule has 1 N–H and O–H groups in total. The number of rotatable bonds is 1. The summed E-state index contributed by atoms with van der Waals surface area (Å²) in [5.41, 5.74) is 3.59. The Morgan fingerprint density at radius 1 is 0.960 bits per heavy atom. The highest BCUT2D eigenvalue weighted by atomic mass is 32.2. The van der Waals surface area contributed by atoms with Crippen molar-refractivity contribution in [2.24, 2.45) is 4.99 Å². The summed E-state index contributed by atoms with van der Waals surface area (Å²) in [5.74, 6) is 0.967. The van der Waals surface area contributed by atoms with Crippen molar-refractivity contribution >= 4 is 33.5 Å². The predicted octanol–water partition coefficient (Wildman–Crippen LogP) is 5.00. The van der Waals surface area contributed by atoms with Crippen LogP contribution in [0.5, 0.6) is 0 Å². The molecule has 3 aromatic rings. The Labute approximate surface area is 150 Å². The SMILES string of the molecule is N=C1Sc2cc(-c3cccc4ccccc34)ccc2C2=NCCCN12. The summed E-state index contributed by atoms with van der Waals surface area (Å²) in [6.45, 7) is 1.75. The van der Waals surface area contributed by atoms with Gasteiger partial charge < -0.3 is 4.90 Å². The molecule has 0 amide bonds. The number of amidine groups is 2. The van der Waals surface area contributed by atoms with Gasteiger partial charge in [-0.15, -0.1) is 0 Å². The zero-order chi connectivity index (χ0) is 16.8. The highest BCUT2D eigenvalue weighted by Crippen LogP contribution is 2.37. The molecule has 2 heterocycles. The van der Waals surface area contributed by atoms with Gasteiger partial charge in [0.2, 0.25) is 0 Å². The molecule has 0 radical (unpaired) electrons. The largest absolute Gasteiger partial charge is 0.305 e. The predicted molar refractivity (Wildman–Crippen MR) is 106 cm³/mol. The van der Waals surface area contributed by atoms with E-state index in [4.69, 9.17) is 5.41 Å². The fraction of sp³-hybridized carbons (Fsp3) is 0.143. The van der Waals surface area contributed by atoms with Gasteiger partial charge in [0.05, 0.1) is 0 Å². The van der Waals surface area contributed by atoms with Crippen LogP contribution in [-0.2, 0) is 0 Å². The standard InChI is InChI=1S/C21H17N3S/c22-21-24-12-4-11-23-20(24)18-10-9-15(13-19(18)25-21)17-8-3-6-14-5-1-2-7-16(14)17/h1-3,5-10,13,22H,4,11-12H2. The maximum Gasteiger partial charge on any atom is 0.166 e. The maximum absolute atomic E-state index is 8.36. The van der Waals surface area contributed by atoms with Gasteiger partial charge in [-0.1, -0.05) is 60.3 Å². The van der Waals surface area contributed by atoms with Gasteiger partial charge in [0, 0.05) is 23.5 Å². The van der Waals surface area contributed by atoms with Crippen molar-refractivity contribution in [3.63, 3.8) is 0 Å². The first-order valence-corrected chi connectivity index (χ1v) is 9.34. The van der Waals surface area contributed by atoms with Crippen LogP contribution in [0.25, 0.3) is 21.9 Å². The third-order valence-electron chi connectivity index (χ3n) is 4.83. The van der Waals surface area contributed by atoms with Crippen molar-refractivity contribution in [2.75, 3.05) is 13.1 Å². The lowest BCUT2D eigenvalue weighted by atomic mass is 9.97. The molecule has 0 aliphatic carbocycles. The Bertz CT molecular complexity index is 1030. The van der Waals surface area contributed by atoms with E-state index in [0.717, 1.165) is 35.8 Å². The van der Waals surface area contributed by atoms with Crippen molar-refractivity contribution in [3.05, 3.63) is 66.2 Å². The van der Waals surface area contributed by atoms with Crippen LogP contribution in [0.2, 0.25) is 0 Å². The molecule has 0 atom stereocenters. The molecular weight excluding hydrogens is 326 g/mol. The number of hydrogen-bond donors (Lipinski definition) is 1. The molecule has 5 rings (SSSR count). The quantitative estimate of drug-likeness (QED) is 0.675. The third-order valence-corrected chi connectivity index (χ3v) is 5.80. The van der Waals surface area contributed by atoms with Gasteiger partial charge in [-0.3, -0.25) is 10.4 Å². The minimum atomic E-state index is 0.584. The lowest BCUT2D eigenvalue weighted by Crippen LogP contribution is -2.42. The van der Waals surface area contributed by atoms with Gasteiger partial charge in [-0.2, -0.15) is 0 Å². The Kier molecular flexibility index (Phi) is 3.38. The van der Waals surface area contributed by atoms with Crippen LogP contribution < -0.4 is 0 Å². The highest BCUT2D eigenvalue weighted by molar-refractivity contribution is 8.14. The average molecular weight is 343 g/mol. The first kappa shape index (κ1) is 14.7. The molecule has 0 saturated carbocycles. The minimum absolute atomic E-state index is 0.584. The second-order valence-corrected chi connectivity index (χ2v) is 7.39. The topological polar surface area (TPSA) is 39.5 Å². The van der Waals surface area contributed by atoms with E-state index >= 15 is 0 Å². The molecule has 0 fully saturated rings. The van der Waals surface area contributed by atoms with E-state index in [2.05, 4.69) is 65.7 Å². The van der Waals surface area contributed by atoms with Crippen LogP contribution in [0, 0.1) is 5.41 Å². The molecule has 4 heteroatoms. The Morgan fingerprint density at radius 2 is 1.84 bits per heavy atom. The van der Waals surface area contributed by atoms with Crippen molar-refractivity contribution < 1.29 is 0 Å². The smallest absolute Gasteiger partial charge is 0.166 e. The molecule has 0 saturated heterocycles. The van der Waals surface area contributed by atoms with E-state index in [1.165, 1.54) is 21.9 Å². The second kappa shape index (κ2) is 5.74. The van der Waals surface area contributed by atoms with Crippen LogP contribution in [0.1, 0.15) is 12.0 Å². The summed E-state index contributed by atoms with van der Waals surface area (Å²) < 4.78 is 0. The summed E-state index contributed by atoms with van der Waals surface area (Å²) in [6, 6.07) is 21.5. The zero-order valence-electron chi connectivity index (χ0n) is 13.7. The fourth-order valence-corrected chi connectivity index (χ4v) is 4.58. The van der Waals surface area contributed by atoms with Crippen LogP contribution in [0.15, 0.2) is 70.6 Å². The number of benzene rings is 3. The molecule has 0 aromatic heterocycles. The first-order chi connectivity index (χ1) is 12.3. The highest BCUT2D eigenvalue weighted by Gasteiger charge is 2.29. The van der Waals surface area contributed by atoms with E-state index < -0.39 is 0 Å². The lowest BCUT2D eigenvalue weighted by Gasteiger charge is -2.34. The minimum Gasteiger partial charge on any atom is -0.305 e. The molecule has 25 heavy (non-hydrogen) atoms. The van der Waals surface area contributed by atoms with Crippen molar-refractivity contribution in [3.8, 4) is 11.1 Å².